The van der Waals surface area contributed by atoms with Gasteiger partial charge in [0.25, 0.3) is 0 Å². The fourth-order valence-electron chi connectivity index (χ4n) is 2.15. The molecule has 0 amide bonds. The summed E-state index contributed by atoms with van der Waals surface area (Å²) in [6, 6.07) is 8.84. The van der Waals surface area contributed by atoms with Crippen LogP contribution in [0.5, 0.6) is 0 Å². The normalized spacial score (nSPS) is 14.6. The number of benzene rings is 1. The summed E-state index contributed by atoms with van der Waals surface area (Å²) < 4.78 is 0. The Balaban J connectivity index is 1.79. The van der Waals surface area contributed by atoms with Gasteiger partial charge in [0.1, 0.15) is 0 Å². The van der Waals surface area contributed by atoms with Gasteiger partial charge in [-0.05, 0) is 37.0 Å². The third-order valence-corrected chi connectivity index (χ3v) is 4.39. The number of anilines is 2. The van der Waals surface area contributed by atoms with Gasteiger partial charge in [0, 0.05) is 23.7 Å². The van der Waals surface area contributed by atoms with Gasteiger partial charge in [-0.3, -0.25) is 0 Å². The molecule has 2 N–H and O–H groups in total. The van der Waals surface area contributed by atoms with E-state index in [0.29, 0.717) is 6.04 Å². The minimum Gasteiger partial charge on any atom is -0.399 e. The molecule has 1 aliphatic carbocycles. The van der Waals surface area contributed by atoms with Crippen molar-refractivity contribution in [3.8, 4) is 0 Å². The summed E-state index contributed by atoms with van der Waals surface area (Å²) in [5, 5.41) is 3.34. The van der Waals surface area contributed by atoms with Crippen molar-refractivity contribution < 1.29 is 0 Å². The highest BCUT2D eigenvalue weighted by Crippen LogP contribution is 2.34. The van der Waals surface area contributed by atoms with Gasteiger partial charge in [-0.25, -0.2) is 4.98 Å². The second-order valence-corrected chi connectivity index (χ2v) is 5.91. The largest absolute Gasteiger partial charge is 0.399 e. The second-order valence-electron chi connectivity index (χ2n) is 5.08. The van der Waals surface area contributed by atoms with Crippen molar-refractivity contribution >= 4 is 22.2 Å². The lowest BCUT2D eigenvalue weighted by Crippen LogP contribution is -2.24. The van der Waals surface area contributed by atoms with Gasteiger partial charge in [-0.2, -0.15) is 0 Å². The molecule has 0 saturated heterocycles. The maximum atomic E-state index is 5.74. The van der Waals surface area contributed by atoms with Gasteiger partial charge >= 0.3 is 0 Å². The van der Waals surface area contributed by atoms with Gasteiger partial charge < -0.3 is 10.6 Å². The smallest absolute Gasteiger partial charge is 0.186 e. The lowest BCUT2D eigenvalue weighted by Gasteiger charge is -2.21. The van der Waals surface area contributed by atoms with Gasteiger partial charge in [0.05, 0.1) is 5.69 Å². The molecule has 100 valence electrons. The number of rotatable bonds is 5. The quantitative estimate of drug-likeness (QED) is 0.848. The zero-order valence-corrected chi connectivity index (χ0v) is 12.0. The Morgan fingerprint density at radius 2 is 2.05 bits per heavy atom. The van der Waals surface area contributed by atoms with E-state index in [9.17, 15) is 0 Å². The van der Waals surface area contributed by atoms with E-state index in [-0.39, 0.29) is 0 Å². The van der Waals surface area contributed by atoms with Crippen LogP contribution >= 0.6 is 11.3 Å². The van der Waals surface area contributed by atoms with Crippen molar-refractivity contribution in [1.29, 1.82) is 0 Å². The molecule has 1 fully saturated rings. The SMILES string of the molecule is CCc1csc(N(Cc2ccc(N)cc2)C2CC2)n1. The first-order valence-electron chi connectivity index (χ1n) is 6.81. The summed E-state index contributed by atoms with van der Waals surface area (Å²) in [4.78, 5) is 7.16. The number of nitrogen functional groups attached to an aromatic ring is 1. The lowest BCUT2D eigenvalue weighted by atomic mass is 10.2. The maximum absolute atomic E-state index is 5.74. The Labute approximate surface area is 118 Å². The molecule has 1 saturated carbocycles. The van der Waals surface area contributed by atoms with Crippen LogP contribution in [-0.4, -0.2) is 11.0 Å². The van der Waals surface area contributed by atoms with Crippen molar-refractivity contribution in [2.24, 2.45) is 0 Å². The summed E-state index contributed by atoms with van der Waals surface area (Å²) in [6.45, 7) is 3.09. The standard InChI is InChI=1S/C15H19N3S/c1-2-13-10-19-15(17-13)18(14-7-8-14)9-11-3-5-12(16)6-4-11/h3-6,10,14H,2,7-9,16H2,1H3. The number of aryl methyl sites for hydroxylation is 1. The van der Waals surface area contributed by atoms with Crippen molar-refractivity contribution in [3.63, 3.8) is 0 Å². The molecule has 0 unspecified atom stereocenters. The maximum Gasteiger partial charge on any atom is 0.186 e. The molecule has 0 atom stereocenters. The molecule has 1 aromatic heterocycles. The average molecular weight is 273 g/mol. The summed E-state index contributed by atoms with van der Waals surface area (Å²) in [5.74, 6) is 0. The Bertz CT molecular complexity index is 543. The lowest BCUT2D eigenvalue weighted by molar-refractivity contribution is 0.786. The molecule has 0 radical (unpaired) electrons. The third kappa shape index (κ3) is 2.89. The first-order chi connectivity index (χ1) is 9.26. The minimum absolute atomic E-state index is 0.674. The molecule has 0 bridgehead atoms. The van der Waals surface area contributed by atoms with Crippen molar-refractivity contribution in [1.82, 2.24) is 4.98 Å². The Kier molecular flexibility index (Phi) is 3.42. The summed E-state index contributed by atoms with van der Waals surface area (Å²) >= 11 is 1.76. The number of nitrogens with two attached hydrogens (primary N) is 1. The van der Waals surface area contributed by atoms with Crippen LogP contribution < -0.4 is 10.6 Å². The van der Waals surface area contributed by atoms with E-state index >= 15 is 0 Å². The number of hydrogen-bond donors (Lipinski definition) is 1. The zero-order chi connectivity index (χ0) is 13.2. The van der Waals surface area contributed by atoms with Crippen LogP contribution in [0.2, 0.25) is 0 Å². The van der Waals surface area contributed by atoms with Crippen LogP contribution in [-0.2, 0) is 13.0 Å². The highest BCUT2D eigenvalue weighted by atomic mass is 32.1. The highest BCUT2D eigenvalue weighted by Gasteiger charge is 2.30. The fraction of sp³-hybridized carbons (Fsp3) is 0.400. The molecule has 2 aromatic rings. The van der Waals surface area contributed by atoms with Gasteiger partial charge in [-0.15, -0.1) is 11.3 Å². The molecule has 19 heavy (non-hydrogen) atoms. The predicted octanol–water partition coefficient (Wildman–Crippen LogP) is 3.46. The molecule has 3 rings (SSSR count). The van der Waals surface area contributed by atoms with E-state index in [2.05, 4.69) is 29.3 Å². The predicted molar refractivity (Wildman–Crippen MR) is 81.6 cm³/mol. The number of aromatic nitrogens is 1. The van der Waals surface area contributed by atoms with E-state index in [1.807, 2.05) is 12.1 Å². The second kappa shape index (κ2) is 5.21. The van der Waals surface area contributed by atoms with Crippen LogP contribution in [0.4, 0.5) is 10.8 Å². The third-order valence-electron chi connectivity index (χ3n) is 3.47. The van der Waals surface area contributed by atoms with E-state index < -0.39 is 0 Å². The molecular weight excluding hydrogens is 254 g/mol. The van der Waals surface area contributed by atoms with Crippen LogP contribution in [0, 0.1) is 0 Å². The summed E-state index contributed by atoms with van der Waals surface area (Å²) in [5.41, 5.74) is 9.06. The minimum atomic E-state index is 0.674. The Morgan fingerprint density at radius 3 is 2.63 bits per heavy atom. The fourth-order valence-corrected chi connectivity index (χ4v) is 3.13. The molecule has 1 aliphatic rings. The number of thiazole rings is 1. The molecule has 3 nitrogen and oxygen atoms in total. The first-order valence-corrected chi connectivity index (χ1v) is 7.69. The number of nitrogens with zero attached hydrogens (tertiary/aromatic N) is 2. The first kappa shape index (κ1) is 12.5. The average Bonchev–Trinajstić information content (AvgIpc) is 3.15. The number of hydrogen-bond acceptors (Lipinski definition) is 4. The topological polar surface area (TPSA) is 42.1 Å². The van der Waals surface area contributed by atoms with E-state index in [1.54, 1.807) is 11.3 Å². The molecule has 0 spiro atoms. The van der Waals surface area contributed by atoms with Crippen LogP contribution in [0.1, 0.15) is 31.0 Å². The molecule has 0 aliphatic heterocycles. The van der Waals surface area contributed by atoms with Crippen molar-refractivity contribution in [2.45, 2.75) is 38.8 Å². The Hall–Kier alpha value is -1.55. The van der Waals surface area contributed by atoms with Gasteiger partial charge in [0.15, 0.2) is 5.13 Å². The molecule has 1 heterocycles. The van der Waals surface area contributed by atoms with Crippen LogP contribution in [0.15, 0.2) is 29.6 Å². The van der Waals surface area contributed by atoms with E-state index in [4.69, 9.17) is 10.7 Å². The van der Waals surface area contributed by atoms with E-state index in [1.165, 1.54) is 24.1 Å². The van der Waals surface area contributed by atoms with Gasteiger partial charge in [-0.1, -0.05) is 19.1 Å². The summed E-state index contributed by atoms with van der Waals surface area (Å²) in [6.07, 6.45) is 3.59. The van der Waals surface area contributed by atoms with Gasteiger partial charge in [0.2, 0.25) is 0 Å². The van der Waals surface area contributed by atoms with Crippen LogP contribution in [0.25, 0.3) is 0 Å². The highest BCUT2D eigenvalue weighted by molar-refractivity contribution is 7.13. The summed E-state index contributed by atoms with van der Waals surface area (Å²) in [7, 11) is 0. The zero-order valence-electron chi connectivity index (χ0n) is 11.2. The molecular formula is C15H19N3S. The Morgan fingerprint density at radius 1 is 1.32 bits per heavy atom. The van der Waals surface area contributed by atoms with Crippen LogP contribution in [0.3, 0.4) is 0 Å². The van der Waals surface area contributed by atoms with Crippen molar-refractivity contribution in [3.05, 3.63) is 40.9 Å². The van der Waals surface area contributed by atoms with E-state index in [0.717, 1.165) is 23.8 Å². The molecule has 4 heteroatoms. The molecule has 1 aromatic carbocycles. The van der Waals surface area contributed by atoms with Crippen molar-refractivity contribution in [2.75, 3.05) is 10.6 Å². The monoisotopic (exact) mass is 273 g/mol.